The number of nitrogens with one attached hydrogen (secondary N) is 1. The molecule has 2 aromatic rings. The van der Waals surface area contributed by atoms with Gasteiger partial charge >= 0.3 is 5.97 Å². The fraction of sp³-hybridized carbons (Fsp3) is 0.235. The molecule has 0 aliphatic carbocycles. The van der Waals surface area contributed by atoms with Gasteiger partial charge in [0.25, 0.3) is 0 Å². The second kappa shape index (κ2) is 8.19. The van der Waals surface area contributed by atoms with Gasteiger partial charge in [-0.1, -0.05) is 60.2 Å². The highest BCUT2D eigenvalue weighted by atomic mass is 32.3. The second-order valence-corrected chi connectivity index (χ2v) is 9.33. The largest absolute Gasteiger partial charge is 0.351 e. The molecule has 0 unspecified atom stereocenters. The lowest BCUT2D eigenvalue weighted by Crippen LogP contribution is -2.28. The number of hydrogen-bond donors (Lipinski definition) is 3. The highest BCUT2D eigenvalue weighted by molar-refractivity contribution is 8.22. The van der Waals surface area contributed by atoms with E-state index in [-0.39, 0.29) is 9.79 Å². The molecule has 1 atom stereocenters. The zero-order chi connectivity index (χ0) is 19.4. The molecule has 9 heteroatoms. The van der Waals surface area contributed by atoms with E-state index in [0.29, 0.717) is 6.42 Å². The van der Waals surface area contributed by atoms with Crippen molar-refractivity contribution in [1.29, 1.82) is 0 Å². The minimum atomic E-state index is -3.87. The van der Waals surface area contributed by atoms with Gasteiger partial charge in [0.2, 0.25) is 0 Å². The first kappa shape index (κ1) is 20.4. The van der Waals surface area contributed by atoms with Crippen LogP contribution in [-0.2, 0) is 19.5 Å². The normalized spacial score (nSPS) is 13.8. The van der Waals surface area contributed by atoms with E-state index in [4.69, 9.17) is 4.84 Å². The minimum absolute atomic E-state index is 0.251. The topological polar surface area (TPSA) is 113 Å². The van der Waals surface area contributed by atoms with E-state index in [9.17, 15) is 22.3 Å². The van der Waals surface area contributed by atoms with Crippen molar-refractivity contribution in [3.05, 3.63) is 60.2 Å². The van der Waals surface area contributed by atoms with Crippen molar-refractivity contribution in [2.45, 2.75) is 29.1 Å². The van der Waals surface area contributed by atoms with Gasteiger partial charge < -0.3 is 4.84 Å². The average Bonchev–Trinajstić information content (AvgIpc) is 2.61. The number of benzene rings is 2. The van der Waals surface area contributed by atoms with Crippen molar-refractivity contribution < 1.29 is 27.2 Å². The molecule has 0 aliphatic rings. The van der Waals surface area contributed by atoms with Crippen LogP contribution in [0.1, 0.15) is 24.8 Å². The predicted molar refractivity (Wildman–Crippen MR) is 99.4 cm³/mol. The molecular formula is C17H21NO6S2. The highest BCUT2D eigenvalue weighted by Crippen LogP contribution is 2.47. The molecule has 0 heterocycles. The molecule has 7 nitrogen and oxygen atoms in total. The van der Waals surface area contributed by atoms with Gasteiger partial charge in [-0.25, -0.2) is 13.2 Å². The molecule has 0 aliphatic heterocycles. The fourth-order valence-corrected chi connectivity index (χ4v) is 4.90. The zero-order valence-corrected chi connectivity index (χ0v) is 16.0. The SMILES string of the molecule is CC[C@H](C(=O)ONS(O)(O)c1ccccc1S(C)(=O)=O)c1ccccc1. The van der Waals surface area contributed by atoms with Crippen LogP contribution in [0.5, 0.6) is 0 Å². The third kappa shape index (κ3) is 4.83. The molecule has 0 amide bonds. The van der Waals surface area contributed by atoms with Crippen LogP contribution >= 0.6 is 10.8 Å². The summed E-state index contributed by atoms with van der Waals surface area (Å²) in [5, 5.41) is 0. The maximum Gasteiger partial charge on any atom is 0.334 e. The Morgan fingerprint density at radius 2 is 1.58 bits per heavy atom. The van der Waals surface area contributed by atoms with Crippen molar-refractivity contribution in [3.8, 4) is 0 Å². The lowest BCUT2D eigenvalue weighted by molar-refractivity contribution is -0.149. The molecule has 0 spiro atoms. The van der Waals surface area contributed by atoms with Gasteiger partial charge in [0.1, 0.15) is 0 Å². The standard InChI is InChI=1S/C17H21NO6S2/c1-3-14(13-9-5-4-6-10-13)17(19)24-18-26(22,23)16-12-8-7-11-15(16)25(2,20)21/h4-12,14,18,22-23H,3H2,1-2H3/t14-/m0/s1. The Balaban J connectivity index is 2.19. The van der Waals surface area contributed by atoms with Crippen LogP contribution in [0.2, 0.25) is 0 Å². The van der Waals surface area contributed by atoms with Gasteiger partial charge in [-0.15, -0.1) is 0 Å². The zero-order valence-electron chi connectivity index (χ0n) is 14.3. The summed E-state index contributed by atoms with van der Waals surface area (Å²) in [6.07, 6.45) is 1.40. The molecule has 142 valence electrons. The van der Waals surface area contributed by atoms with E-state index in [0.717, 1.165) is 11.8 Å². The van der Waals surface area contributed by atoms with Crippen molar-refractivity contribution in [1.82, 2.24) is 4.89 Å². The summed E-state index contributed by atoms with van der Waals surface area (Å²) in [4.78, 5) is 18.7. The Hall–Kier alpha value is -1.91. The van der Waals surface area contributed by atoms with E-state index < -0.39 is 32.5 Å². The van der Waals surface area contributed by atoms with E-state index in [1.165, 1.54) is 24.3 Å². The summed E-state index contributed by atoms with van der Waals surface area (Å²) in [7, 11) is -7.56. The first-order chi connectivity index (χ1) is 12.2. The van der Waals surface area contributed by atoms with Crippen LogP contribution in [0.4, 0.5) is 0 Å². The van der Waals surface area contributed by atoms with Crippen molar-refractivity contribution in [2.75, 3.05) is 6.26 Å². The monoisotopic (exact) mass is 399 g/mol. The molecule has 3 N–H and O–H groups in total. The third-order valence-corrected chi connectivity index (χ3v) is 6.28. The Labute approximate surface area is 154 Å². The molecule has 0 aromatic heterocycles. The molecule has 0 fully saturated rings. The average molecular weight is 399 g/mol. The predicted octanol–water partition coefficient (Wildman–Crippen LogP) is 3.36. The van der Waals surface area contributed by atoms with Crippen LogP contribution < -0.4 is 4.89 Å². The lowest BCUT2D eigenvalue weighted by Gasteiger charge is -2.33. The first-order valence-electron chi connectivity index (χ1n) is 7.76. The molecule has 0 saturated heterocycles. The summed E-state index contributed by atoms with van der Waals surface area (Å²) in [6, 6.07) is 14.4. The lowest BCUT2D eigenvalue weighted by atomic mass is 9.97. The smallest absolute Gasteiger partial charge is 0.334 e. The Morgan fingerprint density at radius 1 is 1.04 bits per heavy atom. The Bertz CT molecular complexity index is 868. The summed E-state index contributed by atoms with van der Waals surface area (Å²) in [5.41, 5.74) is 0.731. The van der Waals surface area contributed by atoms with Crippen molar-refractivity contribution in [2.24, 2.45) is 0 Å². The van der Waals surface area contributed by atoms with E-state index >= 15 is 0 Å². The number of sulfone groups is 1. The molecule has 26 heavy (non-hydrogen) atoms. The summed E-state index contributed by atoms with van der Waals surface area (Å²) in [5.74, 6) is -1.29. The summed E-state index contributed by atoms with van der Waals surface area (Å²) < 4.78 is 44.2. The van der Waals surface area contributed by atoms with Gasteiger partial charge in [-0.3, -0.25) is 9.11 Å². The number of carbonyl (C=O) groups excluding carboxylic acids is 1. The van der Waals surface area contributed by atoms with Gasteiger partial charge in [-0.05, 0) is 29.0 Å². The Morgan fingerprint density at radius 3 is 2.12 bits per heavy atom. The second-order valence-electron chi connectivity index (χ2n) is 5.64. The molecule has 0 bridgehead atoms. The van der Waals surface area contributed by atoms with E-state index in [1.54, 1.807) is 31.2 Å². The van der Waals surface area contributed by atoms with Crippen LogP contribution in [0.25, 0.3) is 0 Å². The van der Waals surface area contributed by atoms with Crippen LogP contribution in [-0.4, -0.2) is 29.7 Å². The van der Waals surface area contributed by atoms with Gasteiger partial charge in [0.05, 0.1) is 15.7 Å². The minimum Gasteiger partial charge on any atom is -0.351 e. The first-order valence-corrected chi connectivity index (χ1v) is 11.2. The fourth-order valence-electron chi connectivity index (χ4n) is 2.43. The number of rotatable bonds is 7. The van der Waals surface area contributed by atoms with Gasteiger partial charge in [0.15, 0.2) is 9.84 Å². The van der Waals surface area contributed by atoms with Crippen molar-refractivity contribution >= 4 is 26.6 Å². The van der Waals surface area contributed by atoms with E-state index in [1.807, 2.05) is 11.0 Å². The highest BCUT2D eigenvalue weighted by Gasteiger charge is 2.27. The third-order valence-electron chi connectivity index (χ3n) is 3.71. The number of carbonyl (C=O) groups is 1. The molecule has 2 aromatic carbocycles. The maximum absolute atomic E-state index is 12.3. The maximum atomic E-state index is 12.3. The van der Waals surface area contributed by atoms with Crippen LogP contribution in [0.15, 0.2) is 64.4 Å². The van der Waals surface area contributed by atoms with Crippen molar-refractivity contribution in [3.63, 3.8) is 0 Å². The van der Waals surface area contributed by atoms with Gasteiger partial charge in [0, 0.05) is 6.26 Å². The van der Waals surface area contributed by atoms with Crippen LogP contribution in [0.3, 0.4) is 0 Å². The van der Waals surface area contributed by atoms with E-state index in [2.05, 4.69) is 0 Å². The summed E-state index contributed by atoms with van der Waals surface area (Å²) >= 11 is 0. The number of hydrogen-bond acceptors (Lipinski definition) is 7. The van der Waals surface area contributed by atoms with Crippen LogP contribution in [0, 0.1) is 0 Å². The molecule has 0 saturated carbocycles. The molecule has 0 radical (unpaired) electrons. The summed E-state index contributed by atoms with van der Waals surface area (Å²) in [6.45, 7) is 1.80. The molecular weight excluding hydrogens is 378 g/mol. The quantitative estimate of drug-likeness (QED) is 0.612. The Kier molecular flexibility index (Phi) is 6.43. The molecule has 2 rings (SSSR count). The van der Waals surface area contributed by atoms with Gasteiger partial charge in [-0.2, -0.15) is 0 Å².